The van der Waals surface area contributed by atoms with Gasteiger partial charge in [-0.2, -0.15) is 0 Å². The fourth-order valence-electron chi connectivity index (χ4n) is 7.94. The monoisotopic (exact) mass is 454 g/mol. The lowest BCUT2D eigenvalue weighted by molar-refractivity contribution is -0.423. The summed E-state index contributed by atoms with van der Waals surface area (Å²) in [5.41, 5.74) is -1.75. The third-order valence-electron chi connectivity index (χ3n) is 9.62. The van der Waals surface area contributed by atoms with Crippen LogP contribution in [0.4, 0.5) is 0 Å². The van der Waals surface area contributed by atoms with Crippen molar-refractivity contribution in [1.82, 2.24) is 0 Å². The Morgan fingerprint density at radius 1 is 1.12 bits per heavy atom. The second-order valence-corrected chi connectivity index (χ2v) is 10.9. The van der Waals surface area contributed by atoms with Gasteiger partial charge in [0.05, 0.1) is 24.0 Å². The average molecular weight is 455 g/mol. The summed E-state index contributed by atoms with van der Waals surface area (Å²) in [7, 11) is 0. The van der Waals surface area contributed by atoms with E-state index in [-0.39, 0.29) is 43.2 Å². The quantitative estimate of drug-likeness (QED) is 0.523. The lowest BCUT2D eigenvalue weighted by Crippen LogP contribution is -2.81. The molecule has 5 aliphatic rings. The molecule has 8 atom stereocenters. The summed E-state index contributed by atoms with van der Waals surface area (Å²) in [5, 5.41) is 24.3. The van der Waals surface area contributed by atoms with Crippen molar-refractivity contribution < 1.29 is 34.0 Å². The predicted octanol–water partition coefficient (Wildman–Crippen LogP) is 2.75. The number of carbonyl (C=O) groups is 2. The molecule has 7 heteroatoms. The normalized spacial score (nSPS) is 47.6. The van der Waals surface area contributed by atoms with Crippen LogP contribution in [0, 0.1) is 22.7 Å². The van der Waals surface area contributed by atoms with Gasteiger partial charge in [0.2, 0.25) is 0 Å². The van der Waals surface area contributed by atoms with Gasteiger partial charge in [-0.15, -0.1) is 0 Å². The van der Waals surface area contributed by atoms with Gasteiger partial charge in [-0.3, -0.25) is 4.79 Å². The lowest BCUT2D eigenvalue weighted by atomic mass is 9.43. The van der Waals surface area contributed by atoms with Crippen molar-refractivity contribution in [2.75, 3.05) is 6.61 Å². The van der Waals surface area contributed by atoms with Crippen molar-refractivity contribution in [3.8, 4) is 0 Å². The third-order valence-corrected chi connectivity index (χ3v) is 9.62. The van der Waals surface area contributed by atoms with Gasteiger partial charge in [0.1, 0.15) is 17.8 Å². The van der Waals surface area contributed by atoms with E-state index in [4.69, 9.17) is 14.2 Å². The molecule has 1 aromatic carbocycles. The molecular weight excluding hydrogens is 424 g/mol. The molecule has 6 rings (SSSR count). The number of benzene rings is 1. The Balaban J connectivity index is 1.39. The third kappa shape index (κ3) is 2.51. The molecule has 3 aliphatic carbocycles. The molecule has 33 heavy (non-hydrogen) atoms. The molecule has 0 aromatic heterocycles. The van der Waals surface area contributed by atoms with E-state index >= 15 is 0 Å². The Bertz CT molecular complexity index is 1050. The molecule has 1 aromatic rings. The van der Waals surface area contributed by atoms with Crippen LogP contribution in [-0.2, 0) is 19.0 Å². The van der Waals surface area contributed by atoms with Crippen LogP contribution >= 0.6 is 0 Å². The predicted molar refractivity (Wildman–Crippen MR) is 116 cm³/mol. The molecule has 2 N–H and O–H groups in total. The highest BCUT2D eigenvalue weighted by Crippen LogP contribution is 2.71. The van der Waals surface area contributed by atoms with Crippen molar-refractivity contribution in [3.63, 3.8) is 0 Å². The molecular formula is C26H30O7. The Hall–Kier alpha value is -2.22. The van der Waals surface area contributed by atoms with Crippen LogP contribution in [0.3, 0.4) is 0 Å². The van der Waals surface area contributed by atoms with Crippen LogP contribution in [0.15, 0.2) is 42.0 Å². The summed E-state index contributed by atoms with van der Waals surface area (Å²) in [6, 6.07) is 8.91. The van der Waals surface area contributed by atoms with E-state index in [1.54, 1.807) is 24.3 Å². The molecule has 176 valence electrons. The molecule has 2 heterocycles. The SMILES string of the molecule is C[C@]12CC3(O)OC[C@H]4OC(=O)CC5=CC[C@@H]([C@@H]1CC[C@@H]2OC(=O)c1ccccc1)[C@@]3(O)[C@]54C. The number of hydrogen-bond acceptors (Lipinski definition) is 7. The first-order chi connectivity index (χ1) is 15.6. The second kappa shape index (κ2) is 6.68. The summed E-state index contributed by atoms with van der Waals surface area (Å²) in [5.74, 6) is -2.83. The maximum absolute atomic E-state index is 12.8. The van der Waals surface area contributed by atoms with Crippen molar-refractivity contribution in [2.45, 2.75) is 69.5 Å². The van der Waals surface area contributed by atoms with Crippen LogP contribution in [0.1, 0.15) is 56.3 Å². The van der Waals surface area contributed by atoms with Crippen molar-refractivity contribution in [2.24, 2.45) is 22.7 Å². The molecule has 7 nitrogen and oxygen atoms in total. The summed E-state index contributed by atoms with van der Waals surface area (Å²) in [6.45, 7) is 3.96. The number of carbonyl (C=O) groups excluding carboxylic acids is 2. The van der Waals surface area contributed by atoms with Crippen LogP contribution < -0.4 is 0 Å². The topological polar surface area (TPSA) is 102 Å². The first-order valence-electron chi connectivity index (χ1n) is 11.9. The zero-order chi connectivity index (χ0) is 23.2. The number of allylic oxidation sites excluding steroid dienone is 1. The van der Waals surface area contributed by atoms with Crippen molar-refractivity contribution >= 4 is 11.9 Å². The highest BCUT2D eigenvalue weighted by molar-refractivity contribution is 5.89. The number of rotatable bonds is 2. The van der Waals surface area contributed by atoms with Crippen LogP contribution in [-0.4, -0.2) is 52.4 Å². The van der Waals surface area contributed by atoms with Gasteiger partial charge in [0.25, 0.3) is 0 Å². The van der Waals surface area contributed by atoms with Gasteiger partial charge < -0.3 is 24.4 Å². The van der Waals surface area contributed by atoms with Gasteiger partial charge in [-0.1, -0.05) is 36.8 Å². The Kier molecular flexibility index (Phi) is 4.31. The molecule has 0 amide bonds. The van der Waals surface area contributed by atoms with Crippen LogP contribution in [0.5, 0.6) is 0 Å². The van der Waals surface area contributed by atoms with Gasteiger partial charge in [-0.05, 0) is 44.2 Å². The Morgan fingerprint density at radius 3 is 2.64 bits per heavy atom. The van der Waals surface area contributed by atoms with E-state index < -0.39 is 34.4 Å². The fourth-order valence-corrected chi connectivity index (χ4v) is 7.94. The second-order valence-electron chi connectivity index (χ2n) is 10.9. The number of aliphatic hydroxyl groups is 2. The first kappa shape index (κ1) is 21.3. The highest BCUT2D eigenvalue weighted by Gasteiger charge is 2.79. The van der Waals surface area contributed by atoms with E-state index in [1.807, 2.05) is 19.9 Å². The zero-order valence-electron chi connectivity index (χ0n) is 19.0. The molecule has 2 saturated heterocycles. The molecule has 1 unspecified atom stereocenters. The molecule has 0 radical (unpaired) electrons. The summed E-state index contributed by atoms with van der Waals surface area (Å²) >= 11 is 0. The number of fused-ring (bicyclic) bond motifs is 2. The van der Waals surface area contributed by atoms with E-state index in [9.17, 15) is 19.8 Å². The van der Waals surface area contributed by atoms with E-state index in [0.717, 1.165) is 12.0 Å². The summed E-state index contributed by atoms with van der Waals surface area (Å²) in [6.07, 6.45) is 3.26. The van der Waals surface area contributed by atoms with Crippen LogP contribution in [0.2, 0.25) is 0 Å². The lowest BCUT2D eigenvalue weighted by Gasteiger charge is -2.70. The van der Waals surface area contributed by atoms with Gasteiger partial charge in [0.15, 0.2) is 5.79 Å². The van der Waals surface area contributed by atoms with Crippen LogP contribution in [0.25, 0.3) is 0 Å². The highest BCUT2D eigenvalue weighted by atomic mass is 16.7. The molecule has 4 fully saturated rings. The molecule has 0 bridgehead atoms. The molecule has 0 spiro atoms. The van der Waals surface area contributed by atoms with Crippen molar-refractivity contribution in [1.29, 1.82) is 0 Å². The average Bonchev–Trinajstić information content (AvgIpc) is 3.09. The maximum atomic E-state index is 12.8. The molecule has 2 aliphatic heterocycles. The number of esters is 2. The zero-order valence-corrected chi connectivity index (χ0v) is 19.0. The van der Waals surface area contributed by atoms with Gasteiger partial charge in [-0.25, -0.2) is 4.79 Å². The number of ether oxygens (including phenoxy) is 3. The number of hydrogen-bond donors (Lipinski definition) is 2. The summed E-state index contributed by atoms with van der Waals surface area (Å²) < 4.78 is 17.6. The van der Waals surface area contributed by atoms with E-state index in [2.05, 4.69) is 6.08 Å². The minimum atomic E-state index is -1.83. The summed E-state index contributed by atoms with van der Waals surface area (Å²) in [4.78, 5) is 25.0. The standard InChI is InChI=1S/C26H30O7/c1-23-14-25(29)26(30)18(9-8-16-12-21(27)32-20(13-31-25)24(16,26)2)17(23)10-11-19(23)33-22(28)15-6-4-3-5-7-15/h3-8,17-20,29-30H,9-14H2,1-2H3/t17-,18-,19-,20+,23-,24+,25?,26+/m0/s1. The Labute approximate surface area is 192 Å². The minimum absolute atomic E-state index is 0.0142. The fraction of sp³-hybridized carbons (Fsp3) is 0.615. The maximum Gasteiger partial charge on any atom is 0.338 e. The van der Waals surface area contributed by atoms with E-state index in [0.29, 0.717) is 18.4 Å². The van der Waals surface area contributed by atoms with Gasteiger partial charge >= 0.3 is 11.9 Å². The first-order valence-corrected chi connectivity index (χ1v) is 11.9. The Morgan fingerprint density at radius 2 is 1.88 bits per heavy atom. The smallest absolute Gasteiger partial charge is 0.338 e. The van der Waals surface area contributed by atoms with Gasteiger partial charge in [0, 0.05) is 17.8 Å². The largest absolute Gasteiger partial charge is 0.459 e. The van der Waals surface area contributed by atoms with E-state index in [1.165, 1.54) is 0 Å². The minimum Gasteiger partial charge on any atom is -0.459 e. The molecule has 2 saturated carbocycles. The van der Waals surface area contributed by atoms with Crippen molar-refractivity contribution in [3.05, 3.63) is 47.5 Å².